The molecule has 0 aliphatic carbocycles. The van der Waals surface area contributed by atoms with Crippen LogP contribution >= 0.6 is 0 Å². The highest BCUT2D eigenvalue weighted by Gasteiger charge is 2.29. The van der Waals surface area contributed by atoms with Gasteiger partial charge >= 0.3 is 0 Å². The molecular weight excluding hydrogens is 642 g/mol. The van der Waals surface area contributed by atoms with Crippen LogP contribution in [0.4, 0.5) is 5.95 Å². The lowest BCUT2D eigenvalue weighted by atomic mass is 10.0. The number of anilines is 1. The fourth-order valence-electron chi connectivity index (χ4n) is 5.40. The summed E-state index contributed by atoms with van der Waals surface area (Å²) >= 11 is 0. The standard InChI is InChI=1S/C34H47N11O5/c1-19(2)15-25-32(49)38-21(5)30-42-29(23-11-8-7-9-12-23)43-45(30)18-27(46)36-13-10-14-44(17-28(47)37-22(6)31(48)39-25)33(50)26-16-24(20(3)4)40-34(35)41-26/h7-9,11-12,16,19-22,25H,10,13-15,17-18H2,1-6H3,(H,36,46)(H,37,47)(H,38,49)(H,39,48)(H2,35,40,41)/t21-,22+,25+/m0/s1. The van der Waals surface area contributed by atoms with Gasteiger partial charge in [-0.15, -0.1) is 0 Å². The molecule has 1 aliphatic heterocycles. The number of hydrogen-bond acceptors (Lipinski definition) is 10. The predicted octanol–water partition coefficient (Wildman–Crippen LogP) is 1.32. The van der Waals surface area contributed by atoms with E-state index < -0.39 is 48.3 Å². The molecule has 3 atom stereocenters. The first-order chi connectivity index (χ1) is 23.7. The Morgan fingerprint density at radius 3 is 2.30 bits per heavy atom. The number of nitrogen functional groups attached to an aromatic ring is 1. The van der Waals surface area contributed by atoms with Gasteiger partial charge < -0.3 is 31.9 Å². The van der Waals surface area contributed by atoms with Gasteiger partial charge in [-0.05, 0) is 44.6 Å². The molecule has 0 radical (unpaired) electrons. The molecule has 50 heavy (non-hydrogen) atoms. The molecule has 1 aliphatic rings. The highest BCUT2D eigenvalue weighted by molar-refractivity contribution is 5.96. The molecule has 0 unspecified atom stereocenters. The van der Waals surface area contributed by atoms with E-state index in [1.807, 2.05) is 58.0 Å². The van der Waals surface area contributed by atoms with Gasteiger partial charge in [-0.3, -0.25) is 24.0 Å². The molecule has 16 nitrogen and oxygen atoms in total. The van der Waals surface area contributed by atoms with Crippen molar-refractivity contribution in [1.82, 2.24) is 50.9 Å². The Morgan fingerprint density at radius 2 is 1.62 bits per heavy atom. The number of amides is 5. The second-order valence-corrected chi connectivity index (χ2v) is 13.1. The van der Waals surface area contributed by atoms with Gasteiger partial charge in [-0.25, -0.2) is 19.6 Å². The van der Waals surface area contributed by atoms with E-state index in [-0.39, 0.29) is 49.0 Å². The monoisotopic (exact) mass is 689 g/mol. The number of rotatable bonds is 5. The minimum absolute atomic E-state index is 0.0202. The molecule has 2 aromatic heterocycles. The summed E-state index contributed by atoms with van der Waals surface area (Å²) < 4.78 is 1.44. The molecule has 0 spiro atoms. The number of nitrogens with two attached hydrogens (primary N) is 1. The third kappa shape index (κ3) is 10.1. The first-order valence-electron chi connectivity index (χ1n) is 16.8. The third-order valence-corrected chi connectivity index (χ3v) is 8.01. The van der Waals surface area contributed by atoms with Crippen LogP contribution in [0.25, 0.3) is 11.4 Å². The van der Waals surface area contributed by atoms with E-state index in [1.54, 1.807) is 6.92 Å². The van der Waals surface area contributed by atoms with E-state index in [4.69, 9.17) is 5.73 Å². The SMILES string of the molecule is CC(C)C[C@H]1NC(=O)[C@@H](C)NC(=O)CN(C(=O)c2cc(C(C)C)nc(N)n2)CCCNC(=O)Cn2nc(-c3ccccc3)nc2[C@H](C)NC1=O. The van der Waals surface area contributed by atoms with Gasteiger partial charge in [0.2, 0.25) is 29.6 Å². The number of benzene rings is 1. The van der Waals surface area contributed by atoms with Gasteiger partial charge in [0, 0.05) is 24.3 Å². The Labute approximate surface area is 291 Å². The summed E-state index contributed by atoms with van der Waals surface area (Å²) in [7, 11) is 0. The summed E-state index contributed by atoms with van der Waals surface area (Å²) in [5.74, 6) is -1.90. The second kappa shape index (κ2) is 16.8. The van der Waals surface area contributed by atoms with Crippen LogP contribution < -0.4 is 27.0 Å². The topological polar surface area (TPSA) is 219 Å². The van der Waals surface area contributed by atoms with Crippen molar-refractivity contribution in [3.05, 3.63) is 53.6 Å². The lowest BCUT2D eigenvalue weighted by Gasteiger charge is -2.25. The van der Waals surface area contributed by atoms with Gasteiger partial charge in [0.05, 0.1) is 12.6 Å². The number of aromatic nitrogens is 5. The smallest absolute Gasteiger partial charge is 0.273 e. The van der Waals surface area contributed by atoms with E-state index in [2.05, 4.69) is 41.3 Å². The summed E-state index contributed by atoms with van der Waals surface area (Å²) in [6, 6.07) is 8.15. The molecule has 3 heterocycles. The van der Waals surface area contributed by atoms with Gasteiger partial charge in [-0.2, -0.15) is 5.10 Å². The number of hydrogen-bond donors (Lipinski definition) is 5. The molecule has 6 N–H and O–H groups in total. The molecular formula is C34H47N11O5. The first-order valence-corrected chi connectivity index (χ1v) is 16.8. The summed E-state index contributed by atoms with van der Waals surface area (Å²) in [6.07, 6.45) is 0.610. The molecule has 0 bridgehead atoms. The van der Waals surface area contributed by atoms with Crippen molar-refractivity contribution in [1.29, 1.82) is 0 Å². The molecule has 268 valence electrons. The van der Waals surface area contributed by atoms with Crippen molar-refractivity contribution in [3.63, 3.8) is 0 Å². The summed E-state index contributed by atoms with van der Waals surface area (Å²) in [6.45, 7) is 10.5. The fourth-order valence-corrected chi connectivity index (χ4v) is 5.40. The van der Waals surface area contributed by atoms with E-state index >= 15 is 0 Å². The fraction of sp³-hybridized carbons (Fsp3) is 0.500. The predicted molar refractivity (Wildman–Crippen MR) is 185 cm³/mol. The van der Waals surface area contributed by atoms with Gasteiger partial charge in [-0.1, -0.05) is 58.0 Å². The Kier molecular flexibility index (Phi) is 12.6. The molecule has 0 saturated carbocycles. The first kappa shape index (κ1) is 37.4. The van der Waals surface area contributed by atoms with E-state index in [9.17, 15) is 24.0 Å². The number of carbonyl (C=O) groups is 5. The Balaban J connectivity index is 1.65. The summed E-state index contributed by atoms with van der Waals surface area (Å²) in [5, 5.41) is 15.7. The maximum absolute atomic E-state index is 13.7. The quantitative estimate of drug-likeness (QED) is 0.259. The van der Waals surface area contributed by atoms with Crippen LogP contribution in [0.5, 0.6) is 0 Å². The summed E-state index contributed by atoms with van der Waals surface area (Å²) in [4.78, 5) is 81.2. The van der Waals surface area contributed by atoms with Gasteiger partial charge in [0.25, 0.3) is 5.91 Å². The van der Waals surface area contributed by atoms with E-state index in [1.165, 1.54) is 22.6 Å². The largest absolute Gasteiger partial charge is 0.368 e. The molecule has 0 fully saturated rings. The van der Waals surface area contributed by atoms with Crippen LogP contribution in [0.3, 0.4) is 0 Å². The van der Waals surface area contributed by atoms with Crippen LogP contribution in [-0.4, -0.2) is 90.9 Å². The maximum Gasteiger partial charge on any atom is 0.273 e. The zero-order chi connectivity index (χ0) is 36.5. The average molecular weight is 690 g/mol. The van der Waals surface area contributed by atoms with Gasteiger partial charge in [0.1, 0.15) is 30.1 Å². The highest BCUT2D eigenvalue weighted by Crippen LogP contribution is 2.20. The zero-order valence-corrected chi connectivity index (χ0v) is 29.4. The molecule has 0 saturated heterocycles. The Morgan fingerprint density at radius 1 is 0.900 bits per heavy atom. The minimum atomic E-state index is -1.03. The van der Waals surface area contributed by atoms with Crippen molar-refractivity contribution in [2.75, 3.05) is 25.4 Å². The Bertz CT molecular complexity index is 1690. The van der Waals surface area contributed by atoms with Crippen LogP contribution in [0, 0.1) is 5.92 Å². The lowest BCUT2D eigenvalue weighted by Crippen LogP contribution is -2.54. The lowest BCUT2D eigenvalue weighted by molar-refractivity contribution is -0.132. The van der Waals surface area contributed by atoms with Crippen molar-refractivity contribution < 1.29 is 24.0 Å². The maximum atomic E-state index is 13.7. The molecule has 5 amide bonds. The number of carbonyl (C=O) groups excluding carboxylic acids is 5. The van der Waals surface area contributed by atoms with Crippen molar-refractivity contribution in [3.8, 4) is 11.4 Å². The highest BCUT2D eigenvalue weighted by atomic mass is 16.2. The average Bonchev–Trinajstić information content (AvgIpc) is 3.48. The number of fused-ring (bicyclic) bond motifs is 1. The van der Waals surface area contributed by atoms with Crippen LogP contribution in [0.2, 0.25) is 0 Å². The van der Waals surface area contributed by atoms with Crippen LogP contribution in [0.15, 0.2) is 36.4 Å². The van der Waals surface area contributed by atoms with Crippen molar-refractivity contribution in [2.45, 2.75) is 85.0 Å². The molecule has 16 heteroatoms. The number of nitrogens with zero attached hydrogens (tertiary/aromatic N) is 6. The second-order valence-electron chi connectivity index (χ2n) is 13.1. The van der Waals surface area contributed by atoms with Crippen molar-refractivity contribution in [2.24, 2.45) is 5.92 Å². The summed E-state index contributed by atoms with van der Waals surface area (Å²) in [5.41, 5.74) is 7.22. The van der Waals surface area contributed by atoms with Crippen LogP contribution in [0.1, 0.15) is 88.4 Å². The molecule has 3 aromatic rings. The van der Waals surface area contributed by atoms with Gasteiger partial charge in [0.15, 0.2) is 5.82 Å². The third-order valence-electron chi connectivity index (χ3n) is 8.01. The number of nitrogens with one attached hydrogen (secondary N) is 4. The molecule has 4 rings (SSSR count). The normalized spacial score (nSPS) is 20.2. The Hall–Kier alpha value is -5.41. The molecule has 1 aromatic carbocycles. The van der Waals surface area contributed by atoms with E-state index in [0.717, 1.165) is 5.56 Å². The van der Waals surface area contributed by atoms with Crippen molar-refractivity contribution >= 4 is 35.5 Å². The zero-order valence-electron chi connectivity index (χ0n) is 29.4. The minimum Gasteiger partial charge on any atom is -0.368 e. The van der Waals surface area contributed by atoms with E-state index in [0.29, 0.717) is 30.2 Å². The van der Waals surface area contributed by atoms with Crippen LogP contribution in [-0.2, 0) is 25.7 Å².